The van der Waals surface area contributed by atoms with E-state index in [0.29, 0.717) is 0 Å². The molecule has 36 heavy (non-hydrogen) atoms. The first-order valence-electron chi connectivity index (χ1n) is 12.9. The number of rotatable bonds is 5. The van der Waals surface area contributed by atoms with Gasteiger partial charge < -0.3 is 10.2 Å². The number of hydrogen-bond acceptors (Lipinski definition) is 2. The maximum Gasteiger partial charge on any atom is 0.0497 e. The monoisotopic (exact) mass is 464 g/mol. The molecule has 7 rings (SSSR count). The molecule has 0 unspecified atom stereocenters. The normalized spacial score (nSPS) is 12.9. The van der Waals surface area contributed by atoms with Gasteiger partial charge in [-0.3, -0.25) is 0 Å². The summed E-state index contributed by atoms with van der Waals surface area (Å²) < 4.78 is 0. The van der Waals surface area contributed by atoms with Gasteiger partial charge >= 0.3 is 0 Å². The minimum absolute atomic E-state index is 0.903. The van der Waals surface area contributed by atoms with E-state index in [1.54, 1.807) is 0 Å². The van der Waals surface area contributed by atoms with Crippen molar-refractivity contribution in [2.75, 3.05) is 23.3 Å². The molecular weight excluding hydrogens is 436 g/mol. The van der Waals surface area contributed by atoms with Gasteiger partial charge in [-0.2, -0.15) is 0 Å². The zero-order valence-corrected chi connectivity index (χ0v) is 20.2. The van der Waals surface area contributed by atoms with E-state index in [-0.39, 0.29) is 0 Å². The molecule has 6 aromatic rings. The molecule has 0 spiro atoms. The Kier molecular flexibility index (Phi) is 5.10. The fourth-order valence-corrected chi connectivity index (χ4v) is 5.88. The van der Waals surface area contributed by atoms with Crippen molar-refractivity contribution in [3.05, 3.63) is 126 Å². The summed E-state index contributed by atoms with van der Waals surface area (Å²) in [6, 6.07) is 42.1. The average Bonchev–Trinajstić information content (AvgIpc) is 3.37. The molecule has 0 atom stereocenters. The largest absolute Gasteiger partial charge is 0.384 e. The summed E-state index contributed by atoms with van der Waals surface area (Å²) in [5, 5.41) is 11.6. The molecule has 1 aliphatic heterocycles. The van der Waals surface area contributed by atoms with Gasteiger partial charge in [-0.15, -0.1) is 0 Å². The highest BCUT2D eigenvalue weighted by Crippen LogP contribution is 2.44. The van der Waals surface area contributed by atoms with Crippen LogP contribution in [0.25, 0.3) is 32.3 Å². The van der Waals surface area contributed by atoms with E-state index in [9.17, 15) is 0 Å². The summed E-state index contributed by atoms with van der Waals surface area (Å²) in [7, 11) is 0. The van der Waals surface area contributed by atoms with E-state index in [1.807, 2.05) is 0 Å². The lowest BCUT2D eigenvalue weighted by Crippen LogP contribution is -2.13. The smallest absolute Gasteiger partial charge is 0.0497 e. The van der Waals surface area contributed by atoms with E-state index in [0.717, 1.165) is 25.9 Å². The van der Waals surface area contributed by atoms with Crippen LogP contribution in [0.1, 0.15) is 11.1 Å². The number of benzene rings is 6. The number of nitrogens with zero attached hydrogens (tertiary/aromatic N) is 1. The van der Waals surface area contributed by atoms with Gasteiger partial charge in [0.1, 0.15) is 0 Å². The maximum atomic E-state index is 3.77. The van der Waals surface area contributed by atoms with Crippen molar-refractivity contribution in [3.8, 4) is 0 Å². The molecule has 0 saturated heterocycles. The molecular formula is C34H28N2. The van der Waals surface area contributed by atoms with Crippen molar-refractivity contribution in [1.29, 1.82) is 0 Å². The predicted molar refractivity (Wildman–Crippen MR) is 155 cm³/mol. The van der Waals surface area contributed by atoms with Crippen LogP contribution in [0.5, 0.6) is 0 Å². The standard InChI is InChI=1S/C34H28N2/c1-2-10-24(11-3-1)18-20-35-32-22-30-27-14-6-8-16-29(27)34(23-31(30)26-13-5-7-15-28(26)32)36-21-19-25-12-4-9-17-33(25)36/h1-17,22-23,35H,18-21H2. The first kappa shape index (κ1) is 21.0. The van der Waals surface area contributed by atoms with Gasteiger partial charge in [0.15, 0.2) is 0 Å². The van der Waals surface area contributed by atoms with Gasteiger partial charge in [0.25, 0.3) is 0 Å². The minimum atomic E-state index is 0.903. The van der Waals surface area contributed by atoms with Crippen LogP contribution in [0.15, 0.2) is 115 Å². The van der Waals surface area contributed by atoms with Crippen molar-refractivity contribution in [3.63, 3.8) is 0 Å². The van der Waals surface area contributed by atoms with Crippen molar-refractivity contribution in [2.45, 2.75) is 12.8 Å². The lowest BCUT2D eigenvalue weighted by molar-refractivity contribution is 1.00. The number of para-hydroxylation sites is 1. The fourth-order valence-electron chi connectivity index (χ4n) is 5.88. The molecule has 2 heteroatoms. The van der Waals surface area contributed by atoms with Crippen LogP contribution in [0, 0.1) is 0 Å². The van der Waals surface area contributed by atoms with Crippen molar-refractivity contribution >= 4 is 49.4 Å². The Morgan fingerprint density at radius 2 is 1.19 bits per heavy atom. The Bertz CT molecular complexity index is 1720. The summed E-state index contributed by atoms with van der Waals surface area (Å²) in [5.74, 6) is 0. The minimum Gasteiger partial charge on any atom is -0.384 e. The summed E-state index contributed by atoms with van der Waals surface area (Å²) >= 11 is 0. The second-order valence-electron chi connectivity index (χ2n) is 9.70. The van der Waals surface area contributed by atoms with Gasteiger partial charge in [0.05, 0.1) is 0 Å². The lowest BCUT2D eigenvalue weighted by atomic mass is 9.94. The van der Waals surface area contributed by atoms with Crippen LogP contribution in [-0.4, -0.2) is 13.1 Å². The van der Waals surface area contributed by atoms with E-state index in [4.69, 9.17) is 0 Å². The predicted octanol–water partition coefficient (Wildman–Crippen LogP) is 8.50. The molecule has 0 bridgehead atoms. The van der Waals surface area contributed by atoms with Crippen LogP contribution in [-0.2, 0) is 12.8 Å². The Labute approximate surface area is 211 Å². The quantitative estimate of drug-likeness (QED) is 0.257. The highest BCUT2D eigenvalue weighted by molar-refractivity contribution is 6.23. The number of fused-ring (bicyclic) bond motifs is 6. The molecule has 0 aliphatic carbocycles. The molecule has 2 nitrogen and oxygen atoms in total. The first-order valence-corrected chi connectivity index (χ1v) is 12.9. The molecule has 1 heterocycles. The van der Waals surface area contributed by atoms with Crippen LogP contribution in [0.2, 0.25) is 0 Å². The molecule has 0 fully saturated rings. The summed E-state index contributed by atoms with van der Waals surface area (Å²) in [5.41, 5.74) is 6.64. The third-order valence-corrected chi connectivity index (χ3v) is 7.61. The van der Waals surface area contributed by atoms with E-state index in [1.165, 1.54) is 60.5 Å². The van der Waals surface area contributed by atoms with Crippen LogP contribution in [0.3, 0.4) is 0 Å². The molecule has 6 aromatic carbocycles. The Hall–Kier alpha value is -4.30. The van der Waals surface area contributed by atoms with Crippen molar-refractivity contribution in [1.82, 2.24) is 0 Å². The molecule has 174 valence electrons. The highest BCUT2D eigenvalue weighted by atomic mass is 15.2. The van der Waals surface area contributed by atoms with Gasteiger partial charge in [-0.1, -0.05) is 97.1 Å². The van der Waals surface area contributed by atoms with Crippen LogP contribution >= 0.6 is 0 Å². The summed E-state index contributed by atoms with van der Waals surface area (Å²) in [6.45, 7) is 1.92. The highest BCUT2D eigenvalue weighted by Gasteiger charge is 2.23. The van der Waals surface area contributed by atoms with Gasteiger partial charge in [-0.05, 0) is 63.7 Å². The van der Waals surface area contributed by atoms with E-state index >= 15 is 0 Å². The number of anilines is 3. The molecule has 0 saturated carbocycles. The number of hydrogen-bond donors (Lipinski definition) is 1. The summed E-state index contributed by atoms with van der Waals surface area (Å²) in [6.07, 6.45) is 2.09. The van der Waals surface area contributed by atoms with Crippen LogP contribution < -0.4 is 10.2 Å². The fraction of sp³-hybridized carbons (Fsp3) is 0.118. The Morgan fingerprint density at radius 3 is 2.03 bits per heavy atom. The Morgan fingerprint density at radius 1 is 0.556 bits per heavy atom. The third-order valence-electron chi connectivity index (χ3n) is 7.61. The molecule has 1 N–H and O–H groups in total. The van der Waals surface area contributed by atoms with Crippen LogP contribution in [0.4, 0.5) is 17.1 Å². The zero-order chi connectivity index (χ0) is 23.9. The zero-order valence-electron chi connectivity index (χ0n) is 20.2. The average molecular weight is 465 g/mol. The maximum absolute atomic E-state index is 3.77. The van der Waals surface area contributed by atoms with Crippen molar-refractivity contribution < 1.29 is 0 Å². The lowest BCUT2D eigenvalue weighted by Gasteiger charge is -2.24. The van der Waals surface area contributed by atoms with Gasteiger partial charge in [0.2, 0.25) is 0 Å². The molecule has 0 amide bonds. The summed E-state index contributed by atoms with van der Waals surface area (Å²) in [4.78, 5) is 2.51. The first-order chi connectivity index (χ1) is 17.9. The number of nitrogens with one attached hydrogen (secondary N) is 1. The molecule has 0 radical (unpaired) electrons. The van der Waals surface area contributed by atoms with E-state index < -0.39 is 0 Å². The van der Waals surface area contributed by atoms with E-state index in [2.05, 4.69) is 125 Å². The second-order valence-corrected chi connectivity index (χ2v) is 9.70. The van der Waals surface area contributed by atoms with Crippen molar-refractivity contribution in [2.24, 2.45) is 0 Å². The Balaban J connectivity index is 1.40. The third kappa shape index (κ3) is 3.49. The van der Waals surface area contributed by atoms with Gasteiger partial charge in [0, 0.05) is 40.9 Å². The SMILES string of the molecule is c1ccc(CCNc2cc3c4ccccc4c(N4CCc5ccccc54)cc3c3ccccc23)cc1. The van der Waals surface area contributed by atoms with Gasteiger partial charge in [-0.25, -0.2) is 0 Å². The molecule has 0 aromatic heterocycles. The second kappa shape index (κ2) is 8.73. The molecule has 1 aliphatic rings. The topological polar surface area (TPSA) is 15.3 Å².